The third-order valence-corrected chi connectivity index (χ3v) is 3.38. The molecular formula is C10H24N2O3S. The highest BCUT2D eigenvalue weighted by molar-refractivity contribution is 7.87. The van der Waals surface area contributed by atoms with Crippen molar-refractivity contribution in [2.75, 3.05) is 13.2 Å². The zero-order chi connectivity index (χ0) is 12.8. The molecule has 0 bridgehead atoms. The molecule has 16 heavy (non-hydrogen) atoms. The molecule has 0 saturated carbocycles. The van der Waals surface area contributed by atoms with Crippen LogP contribution >= 0.6 is 0 Å². The molecule has 1 unspecified atom stereocenters. The van der Waals surface area contributed by atoms with Gasteiger partial charge >= 0.3 is 0 Å². The van der Waals surface area contributed by atoms with Gasteiger partial charge in [0, 0.05) is 18.7 Å². The molecule has 0 heterocycles. The molecule has 0 aliphatic heterocycles. The van der Waals surface area contributed by atoms with Crippen LogP contribution in [0.25, 0.3) is 0 Å². The highest BCUT2D eigenvalue weighted by Crippen LogP contribution is 2.04. The Morgan fingerprint density at radius 2 is 1.88 bits per heavy atom. The van der Waals surface area contributed by atoms with Crippen LogP contribution in [0.1, 0.15) is 40.5 Å². The highest BCUT2D eigenvalue weighted by atomic mass is 32.2. The van der Waals surface area contributed by atoms with Crippen LogP contribution in [0.5, 0.6) is 0 Å². The average Bonchev–Trinajstić information content (AvgIpc) is 2.08. The lowest BCUT2D eigenvalue weighted by atomic mass is 10.1. The Balaban J connectivity index is 3.84. The predicted octanol–water partition coefficient (Wildman–Crippen LogP) is 0.618. The van der Waals surface area contributed by atoms with E-state index < -0.39 is 15.7 Å². The first-order valence-corrected chi connectivity index (χ1v) is 7.04. The minimum absolute atomic E-state index is 0.146. The summed E-state index contributed by atoms with van der Waals surface area (Å²) in [5.41, 5.74) is -0.468. The summed E-state index contributed by atoms with van der Waals surface area (Å²) in [7, 11) is -3.41. The fourth-order valence-corrected chi connectivity index (χ4v) is 2.48. The molecule has 6 heteroatoms. The van der Waals surface area contributed by atoms with Crippen LogP contribution in [-0.2, 0) is 10.2 Å². The van der Waals surface area contributed by atoms with Crippen molar-refractivity contribution >= 4 is 10.2 Å². The quantitative estimate of drug-likeness (QED) is 0.581. The van der Waals surface area contributed by atoms with Gasteiger partial charge in [-0.05, 0) is 39.5 Å². The first kappa shape index (κ1) is 15.8. The summed E-state index contributed by atoms with van der Waals surface area (Å²) in [6.07, 6.45) is 1.54. The second kappa shape index (κ2) is 6.54. The molecular weight excluding hydrogens is 228 g/mol. The Labute approximate surface area is 98.8 Å². The van der Waals surface area contributed by atoms with Crippen molar-refractivity contribution in [3.8, 4) is 0 Å². The molecule has 5 nitrogen and oxygen atoms in total. The van der Waals surface area contributed by atoms with Gasteiger partial charge in [-0.1, -0.05) is 6.92 Å². The number of rotatable bonds is 7. The van der Waals surface area contributed by atoms with Crippen LogP contribution in [0.15, 0.2) is 0 Å². The molecule has 0 radical (unpaired) electrons. The van der Waals surface area contributed by atoms with E-state index in [-0.39, 0.29) is 12.5 Å². The number of aliphatic hydroxyl groups excluding tert-OH is 1. The monoisotopic (exact) mass is 252 g/mol. The van der Waals surface area contributed by atoms with E-state index in [9.17, 15) is 8.42 Å². The molecule has 0 aliphatic rings. The second-order valence-electron chi connectivity index (χ2n) is 5.18. The third kappa shape index (κ3) is 9.08. The maximum absolute atomic E-state index is 11.5. The van der Waals surface area contributed by atoms with Gasteiger partial charge in [0.05, 0.1) is 0 Å². The summed E-state index contributed by atoms with van der Waals surface area (Å²) < 4.78 is 28.0. The average molecular weight is 252 g/mol. The van der Waals surface area contributed by atoms with E-state index >= 15 is 0 Å². The van der Waals surface area contributed by atoms with Crippen molar-refractivity contribution in [1.82, 2.24) is 9.44 Å². The van der Waals surface area contributed by atoms with E-state index in [0.717, 1.165) is 12.8 Å². The van der Waals surface area contributed by atoms with Crippen molar-refractivity contribution in [3.63, 3.8) is 0 Å². The van der Waals surface area contributed by atoms with Gasteiger partial charge in [0.2, 0.25) is 0 Å². The molecule has 0 saturated heterocycles. The lowest BCUT2D eigenvalue weighted by Gasteiger charge is -2.20. The van der Waals surface area contributed by atoms with Gasteiger partial charge < -0.3 is 5.11 Å². The highest BCUT2D eigenvalue weighted by Gasteiger charge is 2.18. The molecule has 1 atom stereocenters. The maximum atomic E-state index is 11.5. The summed E-state index contributed by atoms with van der Waals surface area (Å²) >= 11 is 0. The summed E-state index contributed by atoms with van der Waals surface area (Å²) in [4.78, 5) is 0. The maximum Gasteiger partial charge on any atom is 0.277 e. The molecule has 0 aliphatic carbocycles. The Bertz CT molecular complexity index is 283. The van der Waals surface area contributed by atoms with Gasteiger partial charge in [-0.2, -0.15) is 13.1 Å². The van der Waals surface area contributed by atoms with E-state index in [2.05, 4.69) is 9.44 Å². The molecule has 98 valence electrons. The smallest absolute Gasteiger partial charge is 0.277 e. The normalized spacial score (nSPS) is 15.1. The van der Waals surface area contributed by atoms with Crippen LogP contribution in [0, 0.1) is 5.92 Å². The van der Waals surface area contributed by atoms with Crippen molar-refractivity contribution in [1.29, 1.82) is 0 Å². The van der Waals surface area contributed by atoms with E-state index in [1.165, 1.54) is 0 Å². The summed E-state index contributed by atoms with van der Waals surface area (Å²) in [6.45, 7) is 7.85. The predicted molar refractivity (Wildman–Crippen MR) is 65.3 cm³/mol. The van der Waals surface area contributed by atoms with Crippen LogP contribution < -0.4 is 9.44 Å². The Morgan fingerprint density at radius 3 is 2.31 bits per heavy atom. The molecule has 3 N–H and O–H groups in total. The number of hydrogen-bond acceptors (Lipinski definition) is 3. The van der Waals surface area contributed by atoms with E-state index in [4.69, 9.17) is 5.11 Å². The lowest BCUT2D eigenvalue weighted by molar-refractivity contribution is 0.228. The number of nitrogens with one attached hydrogen (secondary N) is 2. The SMILES string of the molecule is CC(CO)CCCNS(=O)(=O)NC(C)(C)C. The standard InChI is InChI=1S/C10H24N2O3S/c1-9(8-13)6-5-7-11-16(14,15)12-10(2,3)4/h9,11-13H,5-8H2,1-4H3. The van der Waals surface area contributed by atoms with Crippen LogP contribution in [0.2, 0.25) is 0 Å². The Kier molecular flexibility index (Phi) is 6.47. The molecule has 0 amide bonds. The first-order chi connectivity index (χ1) is 7.16. The largest absolute Gasteiger partial charge is 0.396 e. The van der Waals surface area contributed by atoms with Gasteiger partial charge in [0.15, 0.2) is 0 Å². The van der Waals surface area contributed by atoms with Gasteiger partial charge in [0.25, 0.3) is 10.2 Å². The zero-order valence-corrected chi connectivity index (χ0v) is 11.4. The second-order valence-corrected chi connectivity index (χ2v) is 6.68. The van der Waals surface area contributed by atoms with Gasteiger partial charge in [-0.25, -0.2) is 4.72 Å². The summed E-state index contributed by atoms with van der Waals surface area (Å²) in [5.74, 6) is 0.222. The van der Waals surface area contributed by atoms with Crippen molar-refractivity contribution in [2.24, 2.45) is 5.92 Å². The van der Waals surface area contributed by atoms with E-state index in [1.807, 2.05) is 6.92 Å². The number of aliphatic hydroxyl groups is 1. The Hall–Kier alpha value is -0.170. The van der Waals surface area contributed by atoms with Crippen molar-refractivity contribution in [2.45, 2.75) is 46.1 Å². The molecule has 0 aromatic rings. The zero-order valence-electron chi connectivity index (χ0n) is 10.6. The number of hydrogen-bond donors (Lipinski definition) is 3. The fraction of sp³-hybridized carbons (Fsp3) is 1.00. The van der Waals surface area contributed by atoms with Crippen LogP contribution in [0.4, 0.5) is 0 Å². The van der Waals surface area contributed by atoms with E-state index in [1.54, 1.807) is 20.8 Å². The van der Waals surface area contributed by atoms with Gasteiger partial charge in [0.1, 0.15) is 0 Å². The topological polar surface area (TPSA) is 78.4 Å². The molecule has 0 rings (SSSR count). The summed E-state index contributed by atoms with van der Waals surface area (Å²) in [5, 5.41) is 8.80. The van der Waals surface area contributed by atoms with Crippen molar-refractivity contribution in [3.05, 3.63) is 0 Å². The summed E-state index contributed by atoms with van der Waals surface area (Å²) in [6, 6.07) is 0. The first-order valence-electron chi connectivity index (χ1n) is 5.56. The fourth-order valence-electron chi connectivity index (χ4n) is 1.19. The van der Waals surface area contributed by atoms with Crippen LogP contribution in [-0.4, -0.2) is 32.2 Å². The molecule has 0 aromatic heterocycles. The van der Waals surface area contributed by atoms with Gasteiger partial charge in [-0.3, -0.25) is 0 Å². The Morgan fingerprint density at radius 1 is 1.31 bits per heavy atom. The van der Waals surface area contributed by atoms with E-state index in [0.29, 0.717) is 6.54 Å². The van der Waals surface area contributed by atoms with Crippen LogP contribution in [0.3, 0.4) is 0 Å². The van der Waals surface area contributed by atoms with Crippen molar-refractivity contribution < 1.29 is 13.5 Å². The molecule has 0 aromatic carbocycles. The molecule has 0 fully saturated rings. The third-order valence-electron chi connectivity index (χ3n) is 1.92. The minimum Gasteiger partial charge on any atom is -0.396 e. The molecule has 0 spiro atoms. The minimum atomic E-state index is -3.41. The van der Waals surface area contributed by atoms with Gasteiger partial charge in [-0.15, -0.1) is 0 Å². The lowest BCUT2D eigenvalue weighted by Crippen LogP contribution is -2.47.